The minimum atomic E-state index is -0.642. The Hall–Kier alpha value is -4.59. The molecule has 1 aliphatic rings. The molecule has 0 unspecified atom stereocenters. The molecule has 0 atom stereocenters. The lowest BCUT2D eigenvalue weighted by Crippen LogP contribution is -2.39. The SMILES string of the molecule is CCc1[nH]n(-c2ccc(C)cc2C)c(=O)c1C1=C([n+]2ccccc2)C(=O)N(c2ccc(F)cc2)C1=O. The van der Waals surface area contributed by atoms with E-state index in [9.17, 15) is 18.8 Å². The number of aromatic nitrogens is 3. The zero-order chi connectivity index (χ0) is 25.6. The van der Waals surface area contributed by atoms with Gasteiger partial charge < -0.3 is 0 Å². The van der Waals surface area contributed by atoms with Crippen LogP contribution in [0.3, 0.4) is 0 Å². The number of anilines is 1. The van der Waals surface area contributed by atoms with E-state index >= 15 is 0 Å². The van der Waals surface area contributed by atoms with Gasteiger partial charge in [-0.15, -0.1) is 0 Å². The quantitative estimate of drug-likeness (QED) is 0.347. The molecule has 5 rings (SSSR count). The van der Waals surface area contributed by atoms with Crippen molar-refractivity contribution in [3.63, 3.8) is 0 Å². The maximum absolute atomic E-state index is 13.8. The van der Waals surface area contributed by atoms with E-state index in [0.29, 0.717) is 17.8 Å². The average molecular weight is 484 g/mol. The predicted molar refractivity (Wildman–Crippen MR) is 134 cm³/mol. The number of carbonyl (C=O) groups excluding carboxylic acids is 2. The molecule has 36 heavy (non-hydrogen) atoms. The molecule has 0 bridgehead atoms. The van der Waals surface area contributed by atoms with E-state index in [1.165, 1.54) is 33.5 Å². The maximum atomic E-state index is 13.8. The van der Waals surface area contributed by atoms with Crippen LogP contribution in [0.5, 0.6) is 0 Å². The van der Waals surface area contributed by atoms with Crippen LogP contribution in [0.25, 0.3) is 17.0 Å². The third kappa shape index (κ3) is 3.67. The van der Waals surface area contributed by atoms with Crippen LogP contribution < -0.4 is 15.0 Å². The highest BCUT2D eigenvalue weighted by atomic mass is 19.1. The number of benzene rings is 2. The Morgan fingerprint density at radius 1 is 0.917 bits per heavy atom. The van der Waals surface area contributed by atoms with Crippen LogP contribution in [0.15, 0.2) is 77.9 Å². The summed E-state index contributed by atoms with van der Waals surface area (Å²) < 4.78 is 16.5. The second-order valence-electron chi connectivity index (χ2n) is 8.68. The van der Waals surface area contributed by atoms with Crippen molar-refractivity contribution >= 4 is 28.8 Å². The summed E-state index contributed by atoms with van der Waals surface area (Å²) in [6.07, 6.45) is 3.72. The summed E-state index contributed by atoms with van der Waals surface area (Å²) in [4.78, 5) is 42.4. The Morgan fingerprint density at radius 2 is 1.61 bits per heavy atom. The first-order chi connectivity index (χ1) is 17.3. The van der Waals surface area contributed by atoms with Gasteiger partial charge in [-0.05, 0) is 56.2 Å². The Balaban J connectivity index is 1.77. The molecular formula is C28H24FN4O3+. The smallest absolute Gasteiger partial charge is 0.294 e. The molecule has 3 heterocycles. The highest BCUT2D eigenvalue weighted by Crippen LogP contribution is 2.33. The second-order valence-corrected chi connectivity index (χ2v) is 8.68. The lowest BCUT2D eigenvalue weighted by atomic mass is 10.0. The summed E-state index contributed by atoms with van der Waals surface area (Å²) in [7, 11) is 0. The minimum absolute atomic E-state index is 0.00198. The molecule has 180 valence electrons. The second kappa shape index (κ2) is 8.88. The van der Waals surface area contributed by atoms with Gasteiger partial charge in [-0.3, -0.25) is 19.5 Å². The molecule has 0 saturated carbocycles. The molecule has 0 aliphatic carbocycles. The fourth-order valence-corrected chi connectivity index (χ4v) is 4.58. The average Bonchev–Trinajstić information content (AvgIpc) is 3.32. The van der Waals surface area contributed by atoms with E-state index < -0.39 is 23.2 Å². The molecule has 4 aromatic rings. The van der Waals surface area contributed by atoms with Gasteiger partial charge in [0.1, 0.15) is 11.4 Å². The molecule has 0 spiro atoms. The number of rotatable bonds is 5. The molecule has 1 aliphatic heterocycles. The van der Waals surface area contributed by atoms with Crippen molar-refractivity contribution in [1.82, 2.24) is 9.78 Å². The number of halogens is 1. The van der Waals surface area contributed by atoms with Gasteiger partial charge in [-0.2, -0.15) is 4.57 Å². The Morgan fingerprint density at radius 3 is 2.25 bits per heavy atom. The van der Waals surface area contributed by atoms with Crippen LogP contribution in [0.4, 0.5) is 10.1 Å². The van der Waals surface area contributed by atoms with Crippen molar-refractivity contribution in [1.29, 1.82) is 0 Å². The van der Waals surface area contributed by atoms with Crippen LogP contribution in [0, 0.1) is 19.7 Å². The molecule has 1 N–H and O–H groups in total. The molecule has 2 aromatic carbocycles. The highest BCUT2D eigenvalue weighted by Gasteiger charge is 2.48. The Kier molecular flexibility index (Phi) is 5.72. The molecule has 2 amide bonds. The van der Waals surface area contributed by atoms with E-state index in [2.05, 4.69) is 5.10 Å². The first kappa shape index (κ1) is 23.2. The van der Waals surface area contributed by atoms with E-state index in [4.69, 9.17) is 0 Å². The van der Waals surface area contributed by atoms with Crippen molar-refractivity contribution in [2.45, 2.75) is 27.2 Å². The van der Waals surface area contributed by atoms with Crippen molar-refractivity contribution in [3.05, 3.63) is 112 Å². The summed E-state index contributed by atoms with van der Waals surface area (Å²) in [5.74, 6) is -1.73. The van der Waals surface area contributed by atoms with Gasteiger partial charge in [0.2, 0.25) is 0 Å². The van der Waals surface area contributed by atoms with Crippen molar-refractivity contribution in [2.75, 3.05) is 4.90 Å². The Bertz CT molecular complexity index is 1600. The summed E-state index contributed by atoms with van der Waals surface area (Å²) in [6, 6.07) is 16.1. The third-order valence-electron chi connectivity index (χ3n) is 6.28. The van der Waals surface area contributed by atoms with Crippen LogP contribution in [0.2, 0.25) is 0 Å². The number of carbonyl (C=O) groups is 2. The van der Waals surface area contributed by atoms with Gasteiger partial charge in [0.25, 0.3) is 17.2 Å². The maximum Gasteiger partial charge on any atom is 0.331 e. The minimum Gasteiger partial charge on any atom is -0.294 e. The molecular weight excluding hydrogens is 459 g/mol. The van der Waals surface area contributed by atoms with Crippen LogP contribution in [-0.4, -0.2) is 21.6 Å². The molecule has 7 nitrogen and oxygen atoms in total. The fourth-order valence-electron chi connectivity index (χ4n) is 4.58. The van der Waals surface area contributed by atoms with Gasteiger partial charge in [-0.25, -0.2) is 14.0 Å². The topological polar surface area (TPSA) is 79.1 Å². The molecule has 0 fully saturated rings. The normalized spacial score (nSPS) is 13.7. The van der Waals surface area contributed by atoms with Crippen molar-refractivity contribution in [2.24, 2.45) is 0 Å². The standard InChI is InChI=1S/C28H23FN4O3/c1-4-21-23(27(35)33(30-21)22-13-8-17(2)16-18(22)3)24-25(31-14-6-5-7-15-31)28(36)32(26(24)34)20-11-9-19(29)10-12-20/h5-16H,4H2,1-3H3/p+1. The molecule has 0 saturated heterocycles. The van der Waals surface area contributed by atoms with Crippen LogP contribution >= 0.6 is 0 Å². The lowest BCUT2D eigenvalue weighted by Gasteiger charge is -2.13. The summed E-state index contributed by atoms with van der Waals surface area (Å²) in [5.41, 5.74) is 3.14. The summed E-state index contributed by atoms with van der Waals surface area (Å²) in [6.45, 7) is 5.75. The number of aromatic amines is 1. The van der Waals surface area contributed by atoms with Gasteiger partial charge in [0, 0.05) is 17.8 Å². The first-order valence-corrected chi connectivity index (χ1v) is 11.6. The van der Waals surface area contributed by atoms with E-state index in [1.807, 2.05) is 39.0 Å². The highest BCUT2D eigenvalue weighted by molar-refractivity contribution is 6.53. The third-order valence-corrected chi connectivity index (χ3v) is 6.28. The largest absolute Gasteiger partial charge is 0.331 e. The molecule has 8 heteroatoms. The van der Waals surface area contributed by atoms with Crippen molar-refractivity contribution < 1.29 is 18.5 Å². The van der Waals surface area contributed by atoms with E-state index in [-0.39, 0.29) is 22.5 Å². The van der Waals surface area contributed by atoms with Crippen molar-refractivity contribution in [3.8, 4) is 5.69 Å². The zero-order valence-corrected chi connectivity index (χ0v) is 20.1. The number of nitrogens with one attached hydrogen (secondary N) is 1. The predicted octanol–water partition coefficient (Wildman–Crippen LogP) is 3.71. The van der Waals surface area contributed by atoms with Crippen LogP contribution in [0.1, 0.15) is 29.3 Å². The number of amides is 2. The summed E-state index contributed by atoms with van der Waals surface area (Å²) in [5, 5.41) is 3.15. The van der Waals surface area contributed by atoms with Gasteiger partial charge in [0.15, 0.2) is 12.4 Å². The Labute approximate surface area is 206 Å². The number of pyridine rings is 1. The lowest BCUT2D eigenvalue weighted by molar-refractivity contribution is -0.576. The number of hydrogen-bond acceptors (Lipinski definition) is 3. The number of imide groups is 1. The number of hydrogen-bond donors (Lipinski definition) is 1. The molecule has 2 aromatic heterocycles. The number of aryl methyl sites for hydroxylation is 3. The van der Waals surface area contributed by atoms with Gasteiger partial charge >= 0.3 is 5.91 Å². The van der Waals surface area contributed by atoms with E-state index in [0.717, 1.165) is 16.0 Å². The fraction of sp³-hybridized carbons (Fsp3) is 0.143. The summed E-state index contributed by atoms with van der Waals surface area (Å²) >= 11 is 0. The number of nitrogens with zero attached hydrogens (tertiary/aromatic N) is 3. The number of H-pyrrole nitrogens is 1. The monoisotopic (exact) mass is 483 g/mol. The zero-order valence-electron chi connectivity index (χ0n) is 20.1. The molecule has 0 radical (unpaired) electrons. The first-order valence-electron chi connectivity index (χ1n) is 11.6. The van der Waals surface area contributed by atoms with Gasteiger partial charge in [-0.1, -0.05) is 30.7 Å². The van der Waals surface area contributed by atoms with Gasteiger partial charge in [0.05, 0.1) is 16.9 Å². The van der Waals surface area contributed by atoms with Crippen LogP contribution in [-0.2, 0) is 16.0 Å². The van der Waals surface area contributed by atoms with E-state index in [1.54, 1.807) is 30.6 Å².